The van der Waals surface area contributed by atoms with Crippen LogP contribution >= 0.6 is 0 Å². The maximum Gasteiger partial charge on any atom is 0.573 e. The highest BCUT2D eigenvalue weighted by Crippen LogP contribution is 2.24. The number of ether oxygens (including phenoxy) is 2. The summed E-state index contributed by atoms with van der Waals surface area (Å²) in [5.74, 6) is -1.56. The van der Waals surface area contributed by atoms with Gasteiger partial charge in [-0.05, 0) is 35.9 Å². The second-order valence-corrected chi connectivity index (χ2v) is 4.89. The third-order valence-corrected chi connectivity index (χ3v) is 2.89. The number of ketones is 1. The molecule has 138 valence electrons. The summed E-state index contributed by atoms with van der Waals surface area (Å²) >= 11 is 0. The fourth-order valence-electron chi connectivity index (χ4n) is 1.90. The lowest BCUT2D eigenvalue weighted by atomic mass is 10.1. The van der Waals surface area contributed by atoms with Crippen molar-refractivity contribution in [2.75, 3.05) is 0 Å². The molecule has 0 radical (unpaired) electrons. The lowest BCUT2D eigenvalue weighted by molar-refractivity contribution is -0.275. The van der Waals surface area contributed by atoms with E-state index in [-0.39, 0.29) is 5.56 Å². The Labute approximate surface area is 143 Å². The molecule has 0 aliphatic rings. The van der Waals surface area contributed by atoms with E-state index in [4.69, 9.17) is 0 Å². The van der Waals surface area contributed by atoms with Crippen molar-refractivity contribution >= 4 is 11.9 Å². The van der Waals surface area contributed by atoms with E-state index < -0.39 is 30.0 Å². The van der Waals surface area contributed by atoms with E-state index in [0.717, 1.165) is 30.3 Å². The first-order valence-corrected chi connectivity index (χ1v) is 6.96. The van der Waals surface area contributed by atoms with Crippen molar-refractivity contribution in [1.29, 1.82) is 0 Å². The summed E-state index contributed by atoms with van der Waals surface area (Å²) < 4.78 is 80.1. The molecule has 0 atom stereocenters. The molecule has 3 nitrogen and oxygen atoms in total. The Bertz CT molecular complexity index is 791. The molecule has 0 aromatic heterocycles. The first kappa shape index (κ1) is 19.4. The van der Waals surface area contributed by atoms with Crippen molar-refractivity contribution in [3.05, 3.63) is 65.7 Å². The molecule has 9 heteroatoms. The molecule has 0 heterocycles. The standard InChI is InChI=1S/C17H10F6O3/c18-16(19,20)25-13-7-4-11(5-8-13)6-9-15(24)12-2-1-3-14(10-12)26-17(21,22)23/h1-10H/b9-6+. The molecule has 0 bridgehead atoms. The third-order valence-electron chi connectivity index (χ3n) is 2.89. The van der Waals surface area contributed by atoms with Gasteiger partial charge in [0.05, 0.1) is 0 Å². The Balaban J connectivity index is 2.06. The topological polar surface area (TPSA) is 35.5 Å². The highest BCUT2D eigenvalue weighted by Gasteiger charge is 2.31. The summed E-state index contributed by atoms with van der Waals surface area (Å²) in [7, 11) is 0. The molecule has 0 amide bonds. The molecule has 0 aliphatic carbocycles. The van der Waals surface area contributed by atoms with Gasteiger partial charge in [-0.1, -0.05) is 30.3 Å². The lowest BCUT2D eigenvalue weighted by Crippen LogP contribution is -2.17. The summed E-state index contributed by atoms with van der Waals surface area (Å²) in [6, 6.07) is 9.21. The Morgan fingerprint density at radius 2 is 1.38 bits per heavy atom. The Morgan fingerprint density at radius 3 is 1.96 bits per heavy atom. The molecule has 2 aromatic rings. The molecule has 0 saturated heterocycles. The van der Waals surface area contributed by atoms with Gasteiger partial charge in [-0.15, -0.1) is 26.3 Å². The van der Waals surface area contributed by atoms with Crippen molar-refractivity contribution < 1.29 is 40.6 Å². The van der Waals surface area contributed by atoms with Crippen LogP contribution in [0.5, 0.6) is 11.5 Å². The molecular formula is C17H10F6O3. The summed E-state index contributed by atoms with van der Waals surface area (Å²) in [4.78, 5) is 12.0. The monoisotopic (exact) mass is 376 g/mol. The number of rotatable bonds is 5. The first-order valence-electron chi connectivity index (χ1n) is 6.96. The average Bonchev–Trinajstić information content (AvgIpc) is 2.51. The van der Waals surface area contributed by atoms with Crippen LogP contribution in [0.1, 0.15) is 15.9 Å². The van der Waals surface area contributed by atoms with Crippen LogP contribution in [-0.2, 0) is 0 Å². The van der Waals surface area contributed by atoms with E-state index in [2.05, 4.69) is 9.47 Å². The van der Waals surface area contributed by atoms with Gasteiger partial charge in [-0.2, -0.15) is 0 Å². The minimum absolute atomic E-state index is 0.0416. The van der Waals surface area contributed by atoms with E-state index in [1.54, 1.807) is 0 Å². The molecule has 0 spiro atoms. The zero-order valence-electron chi connectivity index (χ0n) is 12.8. The predicted molar refractivity (Wildman–Crippen MR) is 79.6 cm³/mol. The molecule has 0 fully saturated rings. The van der Waals surface area contributed by atoms with E-state index in [1.165, 1.54) is 30.3 Å². The van der Waals surface area contributed by atoms with Gasteiger partial charge in [0, 0.05) is 5.56 Å². The average molecular weight is 376 g/mol. The zero-order valence-corrected chi connectivity index (χ0v) is 12.8. The maximum atomic E-state index is 12.2. The minimum Gasteiger partial charge on any atom is -0.406 e. The normalized spacial score (nSPS) is 12.2. The van der Waals surface area contributed by atoms with Gasteiger partial charge in [0.15, 0.2) is 5.78 Å². The van der Waals surface area contributed by atoms with Crippen LogP contribution in [0.25, 0.3) is 6.08 Å². The number of hydrogen-bond donors (Lipinski definition) is 0. The fourth-order valence-corrected chi connectivity index (χ4v) is 1.90. The van der Waals surface area contributed by atoms with Gasteiger partial charge < -0.3 is 9.47 Å². The summed E-state index contributed by atoms with van der Waals surface area (Å²) in [6.45, 7) is 0. The van der Waals surface area contributed by atoms with E-state index in [1.807, 2.05) is 0 Å². The van der Waals surface area contributed by atoms with Crippen LogP contribution < -0.4 is 9.47 Å². The SMILES string of the molecule is O=C(/C=C/c1ccc(OC(F)(F)F)cc1)c1cccc(OC(F)(F)F)c1. The van der Waals surface area contributed by atoms with Gasteiger partial charge in [0.2, 0.25) is 0 Å². The molecule has 0 unspecified atom stereocenters. The first-order chi connectivity index (χ1) is 12.0. The number of allylic oxidation sites excluding steroid dienone is 1. The lowest BCUT2D eigenvalue weighted by Gasteiger charge is -2.09. The minimum atomic E-state index is -4.88. The molecular weight excluding hydrogens is 366 g/mol. The van der Waals surface area contributed by atoms with Gasteiger partial charge in [0.25, 0.3) is 0 Å². The summed E-state index contributed by atoms with van der Waals surface area (Å²) in [5, 5.41) is 0. The second-order valence-electron chi connectivity index (χ2n) is 4.89. The molecule has 0 saturated carbocycles. The van der Waals surface area contributed by atoms with Crippen molar-refractivity contribution in [3.63, 3.8) is 0 Å². The Hall–Kier alpha value is -2.97. The van der Waals surface area contributed by atoms with Crippen molar-refractivity contribution in [2.45, 2.75) is 12.7 Å². The van der Waals surface area contributed by atoms with E-state index in [9.17, 15) is 31.1 Å². The van der Waals surface area contributed by atoms with Gasteiger partial charge in [0.1, 0.15) is 11.5 Å². The predicted octanol–water partition coefficient (Wildman–Crippen LogP) is 5.38. The Kier molecular flexibility index (Phi) is 5.59. The van der Waals surface area contributed by atoms with Crippen LogP contribution in [0.15, 0.2) is 54.6 Å². The number of carbonyl (C=O) groups excluding carboxylic acids is 1. The van der Waals surface area contributed by atoms with Crippen LogP contribution in [-0.4, -0.2) is 18.5 Å². The van der Waals surface area contributed by atoms with Crippen molar-refractivity contribution in [1.82, 2.24) is 0 Å². The Morgan fingerprint density at radius 1 is 0.808 bits per heavy atom. The number of carbonyl (C=O) groups is 1. The van der Waals surface area contributed by atoms with Gasteiger partial charge >= 0.3 is 12.7 Å². The summed E-state index contributed by atoms with van der Waals surface area (Å²) in [6.07, 6.45) is -7.31. The maximum absolute atomic E-state index is 12.2. The van der Waals surface area contributed by atoms with Crippen LogP contribution in [0.4, 0.5) is 26.3 Å². The molecule has 2 rings (SSSR count). The highest BCUT2D eigenvalue weighted by atomic mass is 19.4. The van der Waals surface area contributed by atoms with Crippen LogP contribution in [0.3, 0.4) is 0 Å². The van der Waals surface area contributed by atoms with Gasteiger partial charge in [-0.25, -0.2) is 0 Å². The number of hydrogen-bond acceptors (Lipinski definition) is 3. The highest BCUT2D eigenvalue weighted by molar-refractivity contribution is 6.07. The second kappa shape index (κ2) is 7.51. The van der Waals surface area contributed by atoms with Crippen molar-refractivity contribution in [2.24, 2.45) is 0 Å². The number of alkyl halides is 6. The van der Waals surface area contributed by atoms with E-state index >= 15 is 0 Å². The molecule has 26 heavy (non-hydrogen) atoms. The molecule has 0 N–H and O–H groups in total. The fraction of sp³-hybridized carbons (Fsp3) is 0.118. The largest absolute Gasteiger partial charge is 0.573 e. The number of halogens is 6. The molecule has 2 aromatic carbocycles. The zero-order chi connectivity index (χ0) is 19.4. The quantitative estimate of drug-likeness (QED) is 0.399. The third kappa shape index (κ3) is 6.50. The van der Waals surface area contributed by atoms with E-state index in [0.29, 0.717) is 5.56 Å². The van der Waals surface area contributed by atoms with Gasteiger partial charge in [-0.3, -0.25) is 4.79 Å². The summed E-state index contributed by atoms with van der Waals surface area (Å²) in [5.41, 5.74) is 0.357. The van der Waals surface area contributed by atoms with Crippen LogP contribution in [0.2, 0.25) is 0 Å². The molecule has 0 aliphatic heterocycles. The smallest absolute Gasteiger partial charge is 0.406 e. The number of benzene rings is 2. The van der Waals surface area contributed by atoms with Crippen molar-refractivity contribution in [3.8, 4) is 11.5 Å². The van der Waals surface area contributed by atoms with Crippen LogP contribution in [0, 0.1) is 0 Å².